The number of hydrogen-bond donors (Lipinski definition) is 0. The van der Waals surface area contributed by atoms with E-state index in [0.29, 0.717) is 34.1 Å². The van der Waals surface area contributed by atoms with E-state index in [1.165, 1.54) is 6.08 Å². The second-order valence-electron chi connectivity index (χ2n) is 7.11. The molecule has 6 rings (SSSR count). The van der Waals surface area contributed by atoms with E-state index >= 15 is 0 Å². The van der Waals surface area contributed by atoms with Gasteiger partial charge in [0.15, 0.2) is 23.2 Å². The monoisotopic (exact) mass is 395 g/mol. The smallest absolute Gasteiger partial charge is 0.267 e. The van der Waals surface area contributed by atoms with E-state index in [2.05, 4.69) is 9.97 Å². The molecule has 144 valence electrons. The molecule has 2 aromatic carbocycles. The molecule has 0 radical (unpaired) electrons. The van der Waals surface area contributed by atoms with Crippen molar-refractivity contribution in [2.75, 3.05) is 0 Å². The Morgan fingerprint density at radius 1 is 0.933 bits per heavy atom. The summed E-state index contributed by atoms with van der Waals surface area (Å²) in [7, 11) is 1.79. The average Bonchev–Trinajstić information content (AvgIpc) is 3.51. The van der Waals surface area contributed by atoms with Gasteiger partial charge in [-0.3, -0.25) is 9.59 Å². The van der Waals surface area contributed by atoms with Gasteiger partial charge >= 0.3 is 0 Å². The maximum Gasteiger partial charge on any atom is 0.267 e. The van der Waals surface area contributed by atoms with Crippen LogP contribution in [0.5, 0.6) is 0 Å². The number of hydrogen-bond acceptors (Lipinski definition) is 6. The molecule has 0 amide bonds. The average molecular weight is 395 g/mol. The molecule has 5 aromatic rings. The third-order valence-electron chi connectivity index (χ3n) is 5.33. The van der Waals surface area contributed by atoms with Crippen LogP contribution in [-0.4, -0.2) is 26.1 Å². The van der Waals surface area contributed by atoms with Crippen molar-refractivity contribution in [1.29, 1.82) is 0 Å². The number of imidazole rings is 1. The van der Waals surface area contributed by atoms with Crippen LogP contribution in [0.15, 0.2) is 69.2 Å². The number of allylic oxidation sites excluding steroid dienone is 1. The largest absolute Gasteiger partial charge is 0.461 e. The van der Waals surface area contributed by atoms with Gasteiger partial charge in [-0.05, 0) is 35.0 Å². The number of oxazole rings is 1. The molecule has 0 N–H and O–H groups in total. The third-order valence-corrected chi connectivity index (χ3v) is 5.33. The topological polar surface area (TPSA) is 91.1 Å². The molecule has 3 heterocycles. The van der Waals surface area contributed by atoms with Crippen LogP contribution in [0, 0.1) is 0 Å². The molecule has 30 heavy (non-hydrogen) atoms. The summed E-state index contributed by atoms with van der Waals surface area (Å²) in [6.07, 6.45) is 2.96. The minimum atomic E-state index is -0.327. The lowest BCUT2D eigenvalue weighted by Crippen LogP contribution is -2.00. The van der Waals surface area contributed by atoms with Crippen molar-refractivity contribution in [3.8, 4) is 11.6 Å². The summed E-state index contributed by atoms with van der Waals surface area (Å²) in [5.41, 5.74) is 1.64. The Hall–Kier alpha value is -4.26. The van der Waals surface area contributed by atoms with Crippen LogP contribution < -0.4 is 0 Å². The molecule has 0 saturated heterocycles. The molecule has 0 spiro atoms. The highest BCUT2D eigenvalue weighted by molar-refractivity contribution is 6.41. The van der Waals surface area contributed by atoms with Crippen molar-refractivity contribution in [2.45, 2.75) is 0 Å². The number of carbonyl (C=O) groups is 2. The molecule has 0 fully saturated rings. The number of fused-ring (bicyclic) bond motifs is 3. The SMILES string of the molecule is Cn1c(-c2ccco2)nc2oc(C=C3C(=O)c4cc5ccccc5cc4C3=O)nc21. The van der Waals surface area contributed by atoms with E-state index in [4.69, 9.17) is 8.83 Å². The second-order valence-corrected chi connectivity index (χ2v) is 7.11. The fraction of sp³-hybridized carbons (Fsp3) is 0.0435. The van der Waals surface area contributed by atoms with Gasteiger partial charge in [-0.25, -0.2) is 0 Å². The minimum Gasteiger partial charge on any atom is -0.461 e. The highest BCUT2D eigenvalue weighted by Crippen LogP contribution is 2.32. The Kier molecular flexibility index (Phi) is 3.26. The number of rotatable bonds is 2. The van der Waals surface area contributed by atoms with Gasteiger partial charge in [0.05, 0.1) is 11.8 Å². The zero-order valence-corrected chi connectivity index (χ0v) is 15.7. The van der Waals surface area contributed by atoms with E-state index < -0.39 is 0 Å². The lowest BCUT2D eigenvalue weighted by molar-refractivity contribution is 0.0990. The van der Waals surface area contributed by atoms with E-state index in [9.17, 15) is 9.59 Å². The van der Waals surface area contributed by atoms with Crippen molar-refractivity contribution in [3.63, 3.8) is 0 Å². The maximum atomic E-state index is 12.9. The van der Waals surface area contributed by atoms with Crippen molar-refractivity contribution in [1.82, 2.24) is 14.5 Å². The van der Waals surface area contributed by atoms with Crippen LogP contribution in [0.1, 0.15) is 26.6 Å². The van der Waals surface area contributed by atoms with Crippen LogP contribution in [0.4, 0.5) is 0 Å². The standard InChI is InChI=1S/C23H13N3O4/c1-26-21(17-7-4-8-29-17)25-23-22(26)24-18(30-23)11-16-19(27)14-9-12-5-2-3-6-13(12)10-15(14)20(16)28/h2-11H,1H3. The molecule has 7 nitrogen and oxygen atoms in total. The zero-order valence-electron chi connectivity index (χ0n) is 15.7. The first-order valence-corrected chi connectivity index (χ1v) is 9.31. The summed E-state index contributed by atoms with van der Waals surface area (Å²) in [5, 5.41) is 1.82. The van der Waals surface area contributed by atoms with Gasteiger partial charge in [0.25, 0.3) is 5.71 Å². The van der Waals surface area contributed by atoms with Gasteiger partial charge in [-0.1, -0.05) is 24.3 Å². The van der Waals surface area contributed by atoms with Gasteiger partial charge in [0, 0.05) is 24.3 Å². The van der Waals surface area contributed by atoms with Crippen molar-refractivity contribution < 1.29 is 18.4 Å². The Balaban J connectivity index is 1.43. The van der Waals surface area contributed by atoms with Crippen LogP contribution in [0.25, 0.3) is 39.8 Å². The van der Waals surface area contributed by atoms with E-state index in [0.717, 1.165) is 10.8 Å². The summed E-state index contributed by atoms with van der Waals surface area (Å²) in [6.45, 7) is 0. The Bertz CT molecular complexity index is 1480. The Morgan fingerprint density at radius 2 is 1.63 bits per heavy atom. The molecule has 0 atom stereocenters. The fourth-order valence-corrected chi connectivity index (χ4v) is 3.83. The highest BCUT2D eigenvalue weighted by Gasteiger charge is 2.34. The third kappa shape index (κ3) is 2.26. The van der Waals surface area contributed by atoms with Gasteiger partial charge in [-0.15, -0.1) is 0 Å². The number of aromatic nitrogens is 3. The van der Waals surface area contributed by atoms with Gasteiger partial charge < -0.3 is 13.4 Å². The summed E-state index contributed by atoms with van der Waals surface area (Å²) in [5.74, 6) is 0.671. The van der Waals surface area contributed by atoms with E-state index in [1.54, 1.807) is 42.1 Å². The highest BCUT2D eigenvalue weighted by atomic mass is 16.4. The van der Waals surface area contributed by atoms with Crippen molar-refractivity contribution in [2.24, 2.45) is 7.05 Å². The molecule has 0 aliphatic heterocycles. The summed E-state index contributed by atoms with van der Waals surface area (Å²) >= 11 is 0. The fourth-order valence-electron chi connectivity index (χ4n) is 3.83. The van der Waals surface area contributed by atoms with Crippen LogP contribution in [-0.2, 0) is 7.05 Å². The molecule has 3 aromatic heterocycles. The van der Waals surface area contributed by atoms with E-state index in [1.807, 2.05) is 24.3 Å². The lowest BCUT2D eigenvalue weighted by Gasteiger charge is -2.00. The number of benzene rings is 2. The first-order valence-electron chi connectivity index (χ1n) is 9.31. The van der Waals surface area contributed by atoms with Gasteiger partial charge in [0.2, 0.25) is 11.5 Å². The molecular weight excluding hydrogens is 382 g/mol. The molecule has 0 bridgehead atoms. The minimum absolute atomic E-state index is 0.0399. The number of nitrogens with zero attached hydrogens (tertiary/aromatic N) is 3. The van der Waals surface area contributed by atoms with E-state index in [-0.39, 0.29) is 23.0 Å². The first-order chi connectivity index (χ1) is 14.6. The lowest BCUT2D eigenvalue weighted by atomic mass is 10.0. The number of ketones is 2. The normalized spacial score (nSPS) is 13.6. The molecule has 0 saturated carbocycles. The van der Waals surface area contributed by atoms with Crippen molar-refractivity contribution >= 4 is 39.8 Å². The summed E-state index contributed by atoms with van der Waals surface area (Å²) < 4.78 is 12.8. The zero-order chi connectivity index (χ0) is 20.4. The molecule has 7 heteroatoms. The maximum absolute atomic E-state index is 12.9. The second kappa shape index (κ2) is 5.87. The number of Topliss-reactive ketones (excluding diaryl/α,β-unsaturated/α-hetero) is 2. The Morgan fingerprint density at radius 3 is 2.23 bits per heavy atom. The van der Waals surface area contributed by atoms with Crippen molar-refractivity contribution in [3.05, 3.63) is 77.4 Å². The van der Waals surface area contributed by atoms with Gasteiger partial charge in [0.1, 0.15) is 0 Å². The predicted molar refractivity (Wildman–Crippen MR) is 109 cm³/mol. The first kappa shape index (κ1) is 16.7. The molecule has 1 aliphatic carbocycles. The molecular formula is C23H13N3O4. The Labute approximate surface area is 169 Å². The number of furan rings is 1. The number of aryl methyl sites for hydroxylation is 1. The van der Waals surface area contributed by atoms with Crippen LogP contribution >= 0.6 is 0 Å². The molecule has 1 aliphatic rings. The summed E-state index contributed by atoms with van der Waals surface area (Å²) in [4.78, 5) is 34.6. The predicted octanol–water partition coefficient (Wildman–Crippen LogP) is 4.44. The summed E-state index contributed by atoms with van der Waals surface area (Å²) in [6, 6.07) is 14.7. The van der Waals surface area contributed by atoms with Crippen LogP contribution in [0.3, 0.4) is 0 Å². The van der Waals surface area contributed by atoms with Crippen LogP contribution in [0.2, 0.25) is 0 Å². The quantitative estimate of drug-likeness (QED) is 0.324. The molecule has 0 unspecified atom stereocenters. The van der Waals surface area contributed by atoms with Gasteiger partial charge in [-0.2, -0.15) is 9.97 Å². The number of carbonyl (C=O) groups excluding carboxylic acids is 2.